The number of aryl methyl sites for hydroxylation is 1. The van der Waals surface area contributed by atoms with Gasteiger partial charge in [0.1, 0.15) is 5.76 Å². The monoisotopic (exact) mass is 344 g/mol. The molecule has 0 saturated heterocycles. The second-order valence-corrected chi connectivity index (χ2v) is 5.96. The predicted octanol–water partition coefficient (Wildman–Crippen LogP) is 1.84. The molecular weight excluding hydrogens is 328 g/mol. The maximum Gasteiger partial charge on any atom is 0.314 e. The van der Waals surface area contributed by atoms with Crippen LogP contribution in [-0.4, -0.2) is 29.3 Å². The van der Waals surface area contributed by atoms with Gasteiger partial charge in [0, 0.05) is 24.1 Å². The van der Waals surface area contributed by atoms with Crippen LogP contribution < -0.4 is 10.6 Å². The van der Waals surface area contributed by atoms with Gasteiger partial charge in [-0.2, -0.15) is 17.0 Å². The molecule has 0 spiro atoms. The highest BCUT2D eigenvalue weighted by Crippen LogP contribution is 2.15. The van der Waals surface area contributed by atoms with Gasteiger partial charge in [0.2, 0.25) is 0 Å². The fourth-order valence-electron chi connectivity index (χ4n) is 1.85. The summed E-state index contributed by atoms with van der Waals surface area (Å²) in [5.41, 5.74) is 1.60. The van der Waals surface area contributed by atoms with Crippen LogP contribution in [0.1, 0.15) is 16.9 Å². The van der Waals surface area contributed by atoms with E-state index in [4.69, 9.17) is 9.78 Å². The van der Waals surface area contributed by atoms with Gasteiger partial charge in [-0.3, -0.25) is 14.9 Å². The summed E-state index contributed by atoms with van der Waals surface area (Å²) in [7, 11) is 0. The van der Waals surface area contributed by atoms with Crippen LogP contribution >= 0.6 is 11.8 Å². The Labute approximate surface area is 143 Å². The summed E-state index contributed by atoms with van der Waals surface area (Å²) in [4.78, 5) is 23.3. The summed E-state index contributed by atoms with van der Waals surface area (Å²) >= 11 is 1.57. The zero-order chi connectivity index (χ0) is 17.4. The lowest BCUT2D eigenvalue weighted by atomic mass is 10.1. The first-order valence-corrected chi connectivity index (χ1v) is 8.34. The van der Waals surface area contributed by atoms with Crippen LogP contribution in [-0.2, 0) is 15.3 Å². The number of rotatable bonds is 6. The van der Waals surface area contributed by atoms with Crippen molar-refractivity contribution in [3.63, 3.8) is 0 Å². The summed E-state index contributed by atoms with van der Waals surface area (Å²) in [5, 5.41) is 17.5. The zero-order valence-corrected chi connectivity index (χ0v) is 13.9. The summed E-state index contributed by atoms with van der Waals surface area (Å²) in [6, 6.07) is 11.0. The molecule has 2 amide bonds. The van der Waals surface area contributed by atoms with Crippen LogP contribution in [0.2, 0.25) is 0 Å². The number of nitrogens with one attached hydrogen (secondary N) is 2. The summed E-state index contributed by atoms with van der Waals surface area (Å²) in [5.74, 6) is 0.526. The van der Waals surface area contributed by atoms with E-state index in [0.29, 0.717) is 29.4 Å². The highest BCUT2D eigenvalue weighted by atomic mass is 32.2. The average molecular weight is 344 g/mol. The second kappa shape index (κ2) is 8.74. The Morgan fingerprint density at radius 3 is 2.83 bits per heavy atom. The third kappa shape index (κ3) is 5.14. The van der Waals surface area contributed by atoms with Gasteiger partial charge in [-0.25, -0.2) is 0 Å². The van der Waals surface area contributed by atoms with Crippen LogP contribution in [0.4, 0.5) is 5.82 Å². The molecule has 1 aromatic heterocycles. The molecule has 0 aliphatic carbocycles. The van der Waals surface area contributed by atoms with Gasteiger partial charge in [-0.15, -0.1) is 0 Å². The number of carbonyl (C=O) groups is 2. The van der Waals surface area contributed by atoms with Crippen LogP contribution in [0.15, 0.2) is 34.9 Å². The maximum atomic E-state index is 11.7. The van der Waals surface area contributed by atoms with E-state index in [1.165, 1.54) is 6.07 Å². The maximum absolute atomic E-state index is 11.7. The third-order valence-electron chi connectivity index (χ3n) is 3.00. The van der Waals surface area contributed by atoms with Gasteiger partial charge >= 0.3 is 11.8 Å². The molecule has 0 fully saturated rings. The Hall–Kier alpha value is -2.79. The summed E-state index contributed by atoms with van der Waals surface area (Å²) in [6.07, 6.45) is 0. The first kappa shape index (κ1) is 17.6. The number of hydrogen-bond donors (Lipinski definition) is 2. The molecule has 2 N–H and O–H groups in total. The fraction of sp³-hybridized carbons (Fsp3) is 0.250. The minimum absolute atomic E-state index is 0.204. The van der Waals surface area contributed by atoms with Crippen molar-refractivity contribution in [1.82, 2.24) is 10.5 Å². The number of hydrogen-bond acceptors (Lipinski definition) is 6. The van der Waals surface area contributed by atoms with E-state index in [9.17, 15) is 9.59 Å². The van der Waals surface area contributed by atoms with E-state index in [0.717, 1.165) is 5.56 Å². The van der Waals surface area contributed by atoms with Gasteiger partial charge in [-0.1, -0.05) is 23.4 Å². The predicted molar refractivity (Wildman–Crippen MR) is 90.2 cm³/mol. The summed E-state index contributed by atoms with van der Waals surface area (Å²) < 4.78 is 4.80. The van der Waals surface area contributed by atoms with Crippen molar-refractivity contribution < 1.29 is 14.1 Å². The quantitative estimate of drug-likeness (QED) is 0.611. The van der Waals surface area contributed by atoms with Crippen LogP contribution in [0.3, 0.4) is 0 Å². The molecule has 2 rings (SSSR count). The van der Waals surface area contributed by atoms with Crippen molar-refractivity contribution in [1.29, 1.82) is 5.26 Å². The van der Waals surface area contributed by atoms with Gasteiger partial charge in [0.15, 0.2) is 5.82 Å². The fourth-order valence-corrected chi connectivity index (χ4v) is 2.72. The standard InChI is InChI=1S/C16H16N4O3S/c1-11-8-14(20-23-11)19-16(22)15(21)18-6-7-24-10-13-5-3-2-4-12(13)9-17/h2-5,8H,6-7,10H2,1H3,(H,18,21)(H,19,20,22). The molecule has 2 aromatic rings. The van der Waals surface area contributed by atoms with Crippen molar-refractivity contribution in [2.24, 2.45) is 0 Å². The average Bonchev–Trinajstić information content (AvgIpc) is 2.99. The lowest BCUT2D eigenvalue weighted by Gasteiger charge is -2.06. The first-order valence-electron chi connectivity index (χ1n) is 7.18. The Bertz CT molecular complexity index is 767. The number of thioether (sulfide) groups is 1. The van der Waals surface area contributed by atoms with Crippen molar-refractivity contribution in [2.45, 2.75) is 12.7 Å². The number of carbonyl (C=O) groups excluding carboxylic acids is 2. The Morgan fingerprint density at radius 2 is 2.12 bits per heavy atom. The molecular formula is C16H16N4O3S. The number of aromatic nitrogens is 1. The molecule has 1 heterocycles. The van der Waals surface area contributed by atoms with E-state index in [-0.39, 0.29) is 5.82 Å². The van der Waals surface area contributed by atoms with E-state index in [1.807, 2.05) is 18.2 Å². The van der Waals surface area contributed by atoms with Gasteiger partial charge in [-0.05, 0) is 18.6 Å². The van der Waals surface area contributed by atoms with Crippen LogP contribution in [0.25, 0.3) is 0 Å². The molecule has 1 aromatic carbocycles. The number of amides is 2. The largest absolute Gasteiger partial charge is 0.360 e. The van der Waals surface area contributed by atoms with E-state index < -0.39 is 11.8 Å². The van der Waals surface area contributed by atoms with Crippen molar-refractivity contribution in [3.05, 3.63) is 47.2 Å². The van der Waals surface area contributed by atoms with E-state index >= 15 is 0 Å². The van der Waals surface area contributed by atoms with Crippen LogP contribution in [0, 0.1) is 18.3 Å². The smallest absolute Gasteiger partial charge is 0.314 e. The Kier molecular flexibility index (Phi) is 6.40. The molecule has 24 heavy (non-hydrogen) atoms. The molecule has 0 aliphatic heterocycles. The minimum atomic E-state index is -0.789. The Morgan fingerprint density at radius 1 is 1.33 bits per heavy atom. The molecule has 0 atom stereocenters. The SMILES string of the molecule is Cc1cc(NC(=O)C(=O)NCCSCc2ccccc2C#N)no1. The van der Waals surface area contributed by atoms with Crippen molar-refractivity contribution in [2.75, 3.05) is 17.6 Å². The molecule has 8 heteroatoms. The molecule has 0 saturated carbocycles. The van der Waals surface area contributed by atoms with Crippen LogP contribution in [0.5, 0.6) is 0 Å². The number of nitriles is 1. The van der Waals surface area contributed by atoms with E-state index in [1.54, 1.807) is 24.8 Å². The zero-order valence-electron chi connectivity index (χ0n) is 13.0. The highest BCUT2D eigenvalue weighted by Gasteiger charge is 2.14. The molecule has 0 aliphatic rings. The molecule has 0 unspecified atom stereocenters. The molecule has 124 valence electrons. The third-order valence-corrected chi connectivity index (χ3v) is 4.01. The summed E-state index contributed by atoms with van der Waals surface area (Å²) in [6.45, 7) is 2.04. The lowest BCUT2D eigenvalue weighted by molar-refractivity contribution is -0.136. The molecule has 0 bridgehead atoms. The van der Waals surface area contributed by atoms with Crippen molar-refractivity contribution >= 4 is 29.4 Å². The number of nitrogens with zero attached hydrogens (tertiary/aromatic N) is 2. The minimum Gasteiger partial charge on any atom is -0.360 e. The Balaban J connectivity index is 1.67. The van der Waals surface area contributed by atoms with Gasteiger partial charge in [0.25, 0.3) is 0 Å². The van der Waals surface area contributed by atoms with Gasteiger partial charge in [0.05, 0.1) is 11.6 Å². The normalized spacial score (nSPS) is 10.0. The topological polar surface area (TPSA) is 108 Å². The number of anilines is 1. The van der Waals surface area contributed by atoms with Gasteiger partial charge < -0.3 is 9.84 Å². The highest BCUT2D eigenvalue weighted by molar-refractivity contribution is 7.98. The van der Waals surface area contributed by atoms with E-state index in [2.05, 4.69) is 21.9 Å². The second-order valence-electron chi connectivity index (χ2n) is 4.85. The lowest BCUT2D eigenvalue weighted by Crippen LogP contribution is -2.36. The molecule has 0 radical (unpaired) electrons. The first-order chi connectivity index (χ1) is 11.6. The van der Waals surface area contributed by atoms with Crippen molar-refractivity contribution in [3.8, 4) is 6.07 Å². The number of benzene rings is 1. The molecule has 7 nitrogen and oxygen atoms in total.